The maximum absolute atomic E-state index is 13.0. The van der Waals surface area contributed by atoms with Crippen molar-refractivity contribution in [1.29, 1.82) is 0 Å². The van der Waals surface area contributed by atoms with Crippen LogP contribution in [0.25, 0.3) is 21.9 Å². The van der Waals surface area contributed by atoms with Crippen molar-refractivity contribution in [1.82, 2.24) is 19.1 Å². The molecule has 7 nitrogen and oxygen atoms in total. The lowest BCUT2D eigenvalue weighted by Crippen LogP contribution is -2.40. The summed E-state index contributed by atoms with van der Waals surface area (Å²) in [5.41, 5.74) is 2.51. The summed E-state index contributed by atoms with van der Waals surface area (Å²) >= 11 is 0. The van der Waals surface area contributed by atoms with E-state index in [1.807, 2.05) is 32.0 Å². The Bertz CT molecular complexity index is 1430. The standard InChI is InChI=1S/C27H32N4O3/c1-18(2)17-31-25-24(26(33)30(3)27(31)34)28-22(14-5-4-8-15-32)23(29-25)16-20-12-9-11-19-10-6-7-13-21(19)20/h6-7,9-13,18,32H,4-5,8,14-17H2,1-3H3. The smallest absolute Gasteiger partial charge is 0.332 e. The lowest BCUT2D eigenvalue weighted by molar-refractivity contribution is 0.283. The Morgan fingerprint density at radius 3 is 2.47 bits per heavy atom. The lowest BCUT2D eigenvalue weighted by atomic mass is 9.99. The summed E-state index contributed by atoms with van der Waals surface area (Å²) in [5.74, 6) is 0.208. The quantitative estimate of drug-likeness (QED) is 0.386. The second-order valence-corrected chi connectivity index (χ2v) is 9.29. The van der Waals surface area contributed by atoms with Gasteiger partial charge in [0.05, 0.1) is 11.4 Å². The van der Waals surface area contributed by atoms with Gasteiger partial charge in [0.25, 0.3) is 5.56 Å². The first kappa shape index (κ1) is 23.8. The Morgan fingerprint density at radius 1 is 0.941 bits per heavy atom. The third-order valence-electron chi connectivity index (χ3n) is 6.17. The third-order valence-corrected chi connectivity index (χ3v) is 6.17. The molecule has 2 aromatic carbocycles. The van der Waals surface area contributed by atoms with Gasteiger partial charge < -0.3 is 5.11 Å². The molecule has 1 N–H and O–H groups in total. The molecule has 0 saturated carbocycles. The highest BCUT2D eigenvalue weighted by molar-refractivity contribution is 5.86. The van der Waals surface area contributed by atoms with Gasteiger partial charge in [-0.05, 0) is 41.5 Å². The van der Waals surface area contributed by atoms with E-state index in [1.54, 1.807) is 4.57 Å². The molecule has 4 aromatic rings. The number of hydrogen-bond acceptors (Lipinski definition) is 5. The lowest BCUT2D eigenvalue weighted by Gasteiger charge is -2.16. The molecule has 2 heterocycles. The largest absolute Gasteiger partial charge is 0.396 e. The minimum atomic E-state index is -0.416. The highest BCUT2D eigenvalue weighted by atomic mass is 16.3. The van der Waals surface area contributed by atoms with Gasteiger partial charge in [-0.2, -0.15) is 0 Å². The van der Waals surface area contributed by atoms with Gasteiger partial charge in [-0.3, -0.25) is 13.9 Å². The summed E-state index contributed by atoms with van der Waals surface area (Å²) in [7, 11) is 1.49. The van der Waals surface area contributed by atoms with Crippen LogP contribution in [0.15, 0.2) is 52.1 Å². The SMILES string of the molecule is CC(C)Cn1c(=O)n(C)c(=O)c2nc(CCCCCO)c(Cc3cccc4ccccc34)nc21. The molecular formula is C27H32N4O3. The molecule has 0 fully saturated rings. The molecule has 34 heavy (non-hydrogen) atoms. The fraction of sp³-hybridized carbons (Fsp3) is 0.407. The van der Waals surface area contributed by atoms with Crippen LogP contribution < -0.4 is 11.2 Å². The van der Waals surface area contributed by atoms with E-state index in [9.17, 15) is 9.59 Å². The summed E-state index contributed by atoms with van der Waals surface area (Å²) in [4.78, 5) is 35.7. The molecule has 0 atom stereocenters. The van der Waals surface area contributed by atoms with Crippen molar-refractivity contribution in [3.8, 4) is 0 Å². The first-order valence-electron chi connectivity index (χ1n) is 12.0. The molecule has 0 amide bonds. The van der Waals surface area contributed by atoms with Crippen molar-refractivity contribution >= 4 is 21.9 Å². The van der Waals surface area contributed by atoms with Gasteiger partial charge in [0.2, 0.25) is 0 Å². The van der Waals surface area contributed by atoms with Crippen molar-refractivity contribution in [3.05, 3.63) is 80.3 Å². The fourth-order valence-electron chi connectivity index (χ4n) is 4.42. The number of hydrogen-bond donors (Lipinski definition) is 1. The van der Waals surface area contributed by atoms with Gasteiger partial charge >= 0.3 is 5.69 Å². The van der Waals surface area contributed by atoms with Crippen LogP contribution in [-0.4, -0.2) is 30.8 Å². The first-order chi connectivity index (χ1) is 16.4. The number of benzene rings is 2. The summed E-state index contributed by atoms with van der Waals surface area (Å²) in [6, 6.07) is 14.5. The Morgan fingerprint density at radius 2 is 1.71 bits per heavy atom. The fourth-order valence-corrected chi connectivity index (χ4v) is 4.42. The van der Waals surface area contributed by atoms with Crippen LogP contribution in [0, 0.1) is 5.92 Å². The van der Waals surface area contributed by atoms with Crippen molar-refractivity contribution in [2.45, 2.75) is 52.5 Å². The zero-order valence-corrected chi connectivity index (χ0v) is 20.1. The van der Waals surface area contributed by atoms with Crippen LogP contribution in [0.5, 0.6) is 0 Å². The van der Waals surface area contributed by atoms with Crippen LogP contribution in [0.4, 0.5) is 0 Å². The first-order valence-corrected chi connectivity index (χ1v) is 12.0. The molecule has 0 aliphatic carbocycles. The molecule has 0 saturated heterocycles. The zero-order chi connectivity index (χ0) is 24.2. The van der Waals surface area contributed by atoms with Crippen molar-refractivity contribution in [2.24, 2.45) is 13.0 Å². The number of aryl methyl sites for hydroxylation is 1. The van der Waals surface area contributed by atoms with E-state index in [1.165, 1.54) is 7.05 Å². The van der Waals surface area contributed by atoms with E-state index in [0.717, 1.165) is 51.6 Å². The van der Waals surface area contributed by atoms with Crippen LogP contribution in [0.3, 0.4) is 0 Å². The Hall–Kier alpha value is -3.32. The number of aliphatic hydroxyl groups is 1. The normalized spacial score (nSPS) is 11.7. The Kier molecular flexibility index (Phi) is 7.22. The number of nitrogens with zero attached hydrogens (tertiary/aromatic N) is 4. The minimum Gasteiger partial charge on any atom is -0.396 e. The Labute approximate surface area is 198 Å². The predicted molar refractivity (Wildman–Crippen MR) is 135 cm³/mol. The zero-order valence-electron chi connectivity index (χ0n) is 20.1. The Balaban J connectivity index is 1.90. The minimum absolute atomic E-state index is 0.161. The van der Waals surface area contributed by atoms with Gasteiger partial charge in [0, 0.05) is 26.6 Å². The molecule has 2 aromatic heterocycles. The van der Waals surface area contributed by atoms with E-state index in [4.69, 9.17) is 15.1 Å². The summed E-state index contributed by atoms with van der Waals surface area (Å²) in [5, 5.41) is 11.5. The second-order valence-electron chi connectivity index (χ2n) is 9.29. The molecule has 178 valence electrons. The maximum atomic E-state index is 13.0. The molecule has 0 unspecified atom stereocenters. The molecular weight excluding hydrogens is 428 g/mol. The van der Waals surface area contributed by atoms with Gasteiger partial charge in [0.15, 0.2) is 11.2 Å². The molecule has 0 bridgehead atoms. The monoisotopic (exact) mass is 460 g/mol. The van der Waals surface area contributed by atoms with Crippen LogP contribution in [-0.2, 0) is 26.4 Å². The number of aliphatic hydroxyl groups excluding tert-OH is 1. The summed E-state index contributed by atoms with van der Waals surface area (Å²) in [6.45, 7) is 4.68. The molecule has 0 spiro atoms. The van der Waals surface area contributed by atoms with E-state index in [-0.39, 0.29) is 23.7 Å². The molecule has 0 aliphatic heterocycles. The van der Waals surface area contributed by atoms with Gasteiger partial charge in [-0.1, -0.05) is 62.7 Å². The molecule has 0 radical (unpaired) electrons. The van der Waals surface area contributed by atoms with Crippen molar-refractivity contribution < 1.29 is 5.11 Å². The van der Waals surface area contributed by atoms with E-state index >= 15 is 0 Å². The van der Waals surface area contributed by atoms with Gasteiger partial charge in [-0.15, -0.1) is 0 Å². The van der Waals surface area contributed by atoms with Crippen molar-refractivity contribution in [2.75, 3.05) is 6.61 Å². The topological polar surface area (TPSA) is 90.0 Å². The number of aromatic nitrogens is 4. The number of unbranched alkanes of at least 4 members (excludes halogenated alkanes) is 2. The number of fused-ring (bicyclic) bond motifs is 2. The third kappa shape index (κ3) is 4.80. The summed E-state index contributed by atoms with van der Waals surface area (Å²) in [6.07, 6.45) is 3.67. The molecule has 4 rings (SSSR count). The molecule has 7 heteroatoms. The average Bonchev–Trinajstić information content (AvgIpc) is 2.83. The van der Waals surface area contributed by atoms with E-state index < -0.39 is 5.56 Å². The second kappa shape index (κ2) is 10.3. The predicted octanol–water partition coefficient (Wildman–Crippen LogP) is 3.60. The highest BCUT2D eigenvalue weighted by Gasteiger charge is 2.19. The number of rotatable bonds is 9. The van der Waals surface area contributed by atoms with Crippen LogP contribution in [0.1, 0.15) is 50.1 Å². The average molecular weight is 461 g/mol. The van der Waals surface area contributed by atoms with Gasteiger partial charge in [0.1, 0.15) is 0 Å². The molecule has 0 aliphatic rings. The van der Waals surface area contributed by atoms with Crippen molar-refractivity contribution in [3.63, 3.8) is 0 Å². The van der Waals surface area contributed by atoms with Gasteiger partial charge in [-0.25, -0.2) is 14.8 Å². The van der Waals surface area contributed by atoms with E-state index in [0.29, 0.717) is 25.0 Å². The highest BCUT2D eigenvalue weighted by Crippen LogP contribution is 2.23. The summed E-state index contributed by atoms with van der Waals surface area (Å²) < 4.78 is 2.70. The van der Waals surface area contributed by atoms with E-state index in [2.05, 4.69) is 24.3 Å². The van der Waals surface area contributed by atoms with Crippen LogP contribution in [0.2, 0.25) is 0 Å². The maximum Gasteiger partial charge on any atom is 0.332 e. The van der Waals surface area contributed by atoms with Crippen LogP contribution >= 0.6 is 0 Å².